The minimum atomic E-state index is -1.68. The largest absolute Gasteiger partial charge is 0.479 e. The van der Waals surface area contributed by atoms with Crippen LogP contribution in [0.5, 0.6) is 0 Å². The molecule has 0 bridgehead atoms. The average Bonchev–Trinajstić information content (AvgIpc) is 2.71. The number of aliphatic hydroxyl groups excluding tert-OH is 1. The molecule has 2 aromatic rings. The molecule has 2 amide bonds. The summed E-state index contributed by atoms with van der Waals surface area (Å²) in [6.45, 7) is 0.381. The fraction of sp³-hybridized carbons (Fsp3) is 0.318. The van der Waals surface area contributed by atoms with Crippen LogP contribution in [0.3, 0.4) is 0 Å². The topological polar surface area (TPSA) is 116 Å². The van der Waals surface area contributed by atoms with Crippen LogP contribution >= 0.6 is 0 Å². The van der Waals surface area contributed by atoms with Crippen molar-refractivity contribution in [1.29, 1.82) is 0 Å². The third kappa shape index (κ3) is 8.15. The van der Waals surface area contributed by atoms with Crippen LogP contribution in [0.25, 0.3) is 11.1 Å². The Morgan fingerprint density at radius 1 is 0.862 bits per heavy atom. The van der Waals surface area contributed by atoms with Crippen LogP contribution in [-0.4, -0.2) is 40.6 Å². The summed E-state index contributed by atoms with van der Waals surface area (Å²) in [5, 5.41) is 23.1. The molecule has 2 aromatic carbocycles. The molecule has 4 N–H and O–H groups in total. The Balaban J connectivity index is 1.64. The molecule has 0 aliphatic rings. The maximum atomic E-state index is 12.1. The highest BCUT2D eigenvalue weighted by molar-refractivity contribution is 5.91. The van der Waals surface area contributed by atoms with E-state index >= 15 is 0 Å². The zero-order chi connectivity index (χ0) is 21.1. The maximum absolute atomic E-state index is 12.1. The van der Waals surface area contributed by atoms with E-state index in [9.17, 15) is 14.4 Å². The van der Waals surface area contributed by atoms with Gasteiger partial charge in [-0.15, -0.1) is 0 Å². The van der Waals surface area contributed by atoms with Crippen LogP contribution in [-0.2, 0) is 14.4 Å². The number of nitrogens with one attached hydrogen (secondary N) is 2. The SMILES string of the molecule is O=C(CC(O)C(=O)O)NCCCCCC(=O)Nc1cccc(-c2ccccc2)c1. The van der Waals surface area contributed by atoms with Crippen LogP contribution in [0, 0.1) is 0 Å². The molecule has 7 heteroatoms. The number of carboxylic acids is 1. The molecule has 154 valence electrons. The first-order valence-corrected chi connectivity index (χ1v) is 9.58. The van der Waals surface area contributed by atoms with E-state index in [-0.39, 0.29) is 5.91 Å². The Kier molecular flexibility index (Phi) is 8.85. The first kappa shape index (κ1) is 22.1. The van der Waals surface area contributed by atoms with Crippen LogP contribution in [0.15, 0.2) is 54.6 Å². The second-order valence-corrected chi connectivity index (χ2v) is 6.71. The van der Waals surface area contributed by atoms with E-state index in [4.69, 9.17) is 10.2 Å². The summed E-state index contributed by atoms with van der Waals surface area (Å²) in [6.07, 6.45) is 0.336. The van der Waals surface area contributed by atoms with E-state index in [0.717, 1.165) is 23.2 Å². The van der Waals surface area contributed by atoms with E-state index in [2.05, 4.69) is 10.6 Å². The lowest BCUT2D eigenvalue weighted by Gasteiger charge is -2.09. The quantitative estimate of drug-likeness (QED) is 0.435. The Bertz CT molecular complexity index is 823. The summed E-state index contributed by atoms with van der Waals surface area (Å²) in [6, 6.07) is 17.6. The van der Waals surface area contributed by atoms with Crippen molar-refractivity contribution in [3.8, 4) is 11.1 Å². The van der Waals surface area contributed by atoms with Crippen molar-refractivity contribution < 1.29 is 24.6 Å². The third-order valence-electron chi connectivity index (χ3n) is 4.32. The van der Waals surface area contributed by atoms with Gasteiger partial charge in [0.25, 0.3) is 0 Å². The van der Waals surface area contributed by atoms with E-state index in [1.54, 1.807) is 0 Å². The van der Waals surface area contributed by atoms with Gasteiger partial charge in [-0.2, -0.15) is 0 Å². The van der Waals surface area contributed by atoms with Gasteiger partial charge < -0.3 is 20.8 Å². The van der Waals surface area contributed by atoms with Crippen LogP contribution in [0.2, 0.25) is 0 Å². The molecule has 0 heterocycles. The van der Waals surface area contributed by atoms with Gasteiger partial charge in [0.05, 0.1) is 6.42 Å². The molecular formula is C22H26N2O5. The average molecular weight is 398 g/mol. The summed E-state index contributed by atoms with van der Waals surface area (Å²) in [4.78, 5) is 34.0. The molecule has 29 heavy (non-hydrogen) atoms. The molecule has 0 aromatic heterocycles. The number of carboxylic acid groups (broad SMARTS) is 1. The van der Waals surface area contributed by atoms with E-state index in [0.29, 0.717) is 25.8 Å². The Labute approximate surface area is 169 Å². The smallest absolute Gasteiger partial charge is 0.333 e. The van der Waals surface area contributed by atoms with Gasteiger partial charge in [0.1, 0.15) is 0 Å². The Morgan fingerprint density at radius 3 is 2.31 bits per heavy atom. The van der Waals surface area contributed by atoms with E-state index < -0.39 is 24.4 Å². The molecule has 0 saturated carbocycles. The van der Waals surface area contributed by atoms with Crippen molar-refractivity contribution in [2.24, 2.45) is 0 Å². The van der Waals surface area contributed by atoms with Crippen molar-refractivity contribution in [2.45, 2.75) is 38.2 Å². The number of carbonyl (C=O) groups excluding carboxylic acids is 2. The highest BCUT2D eigenvalue weighted by atomic mass is 16.4. The van der Waals surface area contributed by atoms with Crippen LogP contribution in [0.4, 0.5) is 5.69 Å². The molecule has 0 aliphatic heterocycles. The number of hydrogen-bond donors (Lipinski definition) is 4. The molecule has 1 unspecified atom stereocenters. The van der Waals surface area contributed by atoms with Crippen molar-refractivity contribution in [3.63, 3.8) is 0 Å². The minimum absolute atomic E-state index is 0.0659. The summed E-state index contributed by atoms with van der Waals surface area (Å²) >= 11 is 0. The zero-order valence-corrected chi connectivity index (χ0v) is 16.1. The normalized spacial score (nSPS) is 11.5. The molecule has 0 fully saturated rings. The molecule has 2 rings (SSSR count). The molecular weight excluding hydrogens is 372 g/mol. The van der Waals surface area contributed by atoms with Crippen molar-refractivity contribution >= 4 is 23.5 Å². The number of amides is 2. The number of hydrogen-bond acceptors (Lipinski definition) is 4. The number of rotatable bonds is 11. The molecule has 0 saturated heterocycles. The fourth-order valence-corrected chi connectivity index (χ4v) is 2.78. The second-order valence-electron chi connectivity index (χ2n) is 6.71. The molecule has 0 spiro atoms. The Hall–Kier alpha value is -3.19. The van der Waals surface area contributed by atoms with Gasteiger partial charge in [0.2, 0.25) is 11.8 Å². The molecule has 0 radical (unpaired) electrons. The number of aliphatic hydroxyl groups is 1. The first-order valence-electron chi connectivity index (χ1n) is 9.58. The highest BCUT2D eigenvalue weighted by Gasteiger charge is 2.17. The molecule has 7 nitrogen and oxygen atoms in total. The summed E-state index contributed by atoms with van der Waals surface area (Å²) in [5.74, 6) is -1.99. The van der Waals surface area contributed by atoms with Crippen molar-refractivity contribution in [2.75, 3.05) is 11.9 Å². The maximum Gasteiger partial charge on any atom is 0.333 e. The third-order valence-corrected chi connectivity index (χ3v) is 4.32. The van der Waals surface area contributed by atoms with Gasteiger partial charge in [0.15, 0.2) is 6.10 Å². The van der Waals surface area contributed by atoms with Gasteiger partial charge in [-0.25, -0.2) is 4.79 Å². The van der Waals surface area contributed by atoms with E-state index in [1.165, 1.54) is 0 Å². The van der Waals surface area contributed by atoms with Gasteiger partial charge in [-0.1, -0.05) is 48.9 Å². The van der Waals surface area contributed by atoms with Gasteiger partial charge in [-0.3, -0.25) is 9.59 Å². The summed E-state index contributed by atoms with van der Waals surface area (Å²) in [5.41, 5.74) is 2.87. The molecule has 0 aliphatic carbocycles. The number of anilines is 1. The predicted octanol–water partition coefficient (Wildman–Crippen LogP) is 2.80. The number of benzene rings is 2. The Morgan fingerprint density at radius 2 is 1.59 bits per heavy atom. The fourth-order valence-electron chi connectivity index (χ4n) is 2.78. The predicted molar refractivity (Wildman–Crippen MR) is 110 cm³/mol. The van der Waals surface area contributed by atoms with E-state index in [1.807, 2.05) is 54.6 Å². The van der Waals surface area contributed by atoms with Gasteiger partial charge >= 0.3 is 5.97 Å². The van der Waals surface area contributed by atoms with Gasteiger partial charge in [0, 0.05) is 18.7 Å². The lowest BCUT2D eigenvalue weighted by atomic mass is 10.1. The minimum Gasteiger partial charge on any atom is -0.479 e. The van der Waals surface area contributed by atoms with Gasteiger partial charge in [-0.05, 0) is 36.1 Å². The number of aliphatic carboxylic acids is 1. The standard InChI is InChI=1S/C22H26N2O5/c25-19(22(28)29)15-21(27)23-13-6-2-5-12-20(26)24-18-11-7-10-17(14-18)16-8-3-1-4-9-16/h1,3-4,7-11,14,19,25H,2,5-6,12-13,15H2,(H,23,27)(H,24,26)(H,28,29). The monoisotopic (exact) mass is 398 g/mol. The summed E-state index contributed by atoms with van der Waals surface area (Å²) in [7, 11) is 0. The zero-order valence-electron chi connectivity index (χ0n) is 16.1. The molecule has 1 atom stereocenters. The second kappa shape index (κ2) is 11.6. The number of carbonyl (C=O) groups is 3. The lowest BCUT2D eigenvalue weighted by molar-refractivity contribution is -0.149. The van der Waals surface area contributed by atoms with Crippen LogP contribution in [0.1, 0.15) is 32.1 Å². The van der Waals surface area contributed by atoms with Crippen molar-refractivity contribution in [1.82, 2.24) is 5.32 Å². The van der Waals surface area contributed by atoms with Crippen molar-refractivity contribution in [3.05, 3.63) is 54.6 Å². The first-order chi connectivity index (χ1) is 14.0. The summed E-state index contributed by atoms with van der Waals surface area (Å²) < 4.78 is 0. The van der Waals surface area contributed by atoms with Crippen LogP contribution < -0.4 is 10.6 Å². The highest BCUT2D eigenvalue weighted by Crippen LogP contribution is 2.22. The lowest BCUT2D eigenvalue weighted by Crippen LogP contribution is -2.31. The number of unbranched alkanes of at least 4 members (excludes halogenated alkanes) is 2.